The zero-order valence-corrected chi connectivity index (χ0v) is 13.1. The molecule has 0 aliphatic heterocycles. The Kier molecular flexibility index (Phi) is 4.88. The summed E-state index contributed by atoms with van der Waals surface area (Å²) in [6.07, 6.45) is 4.14. The van der Waals surface area contributed by atoms with E-state index in [4.69, 9.17) is 16.9 Å². The summed E-state index contributed by atoms with van der Waals surface area (Å²) in [7, 11) is 0. The van der Waals surface area contributed by atoms with Crippen LogP contribution < -0.4 is 5.32 Å². The molecular weight excluding hydrogens is 318 g/mol. The topological polar surface area (TPSA) is 105 Å². The maximum atomic E-state index is 11.1. The molecule has 0 radical (unpaired) electrons. The fraction of sp³-hybridized carbons (Fsp3) is 0.133. The zero-order chi connectivity index (χ0) is 17.0. The van der Waals surface area contributed by atoms with Crippen LogP contribution in [0, 0.1) is 35.3 Å². The zero-order valence-electron chi connectivity index (χ0n) is 12.4. The van der Waals surface area contributed by atoms with Crippen molar-refractivity contribution in [1.82, 2.24) is 9.97 Å². The molecule has 0 amide bonds. The first kappa shape index (κ1) is 16.4. The van der Waals surface area contributed by atoms with E-state index >= 15 is 0 Å². The van der Waals surface area contributed by atoms with Gasteiger partial charge in [0.05, 0.1) is 11.0 Å². The molecule has 1 aromatic carbocycles. The molecule has 0 atom stereocenters. The Morgan fingerprint density at radius 3 is 2.61 bits per heavy atom. The van der Waals surface area contributed by atoms with Crippen molar-refractivity contribution in [1.29, 1.82) is 5.26 Å². The molecule has 0 saturated carbocycles. The average molecular weight is 330 g/mol. The van der Waals surface area contributed by atoms with Gasteiger partial charge in [0.25, 0.3) is 0 Å². The minimum atomic E-state index is -0.576. The summed E-state index contributed by atoms with van der Waals surface area (Å²) < 4.78 is 0. The highest BCUT2D eigenvalue weighted by molar-refractivity contribution is 6.28. The summed E-state index contributed by atoms with van der Waals surface area (Å²) in [4.78, 5) is 18.0. The monoisotopic (exact) mass is 329 g/mol. The largest absolute Gasteiger partial charge is 0.334 e. The van der Waals surface area contributed by atoms with Crippen molar-refractivity contribution in [2.75, 3.05) is 5.32 Å². The van der Waals surface area contributed by atoms with Crippen LogP contribution in [0.25, 0.3) is 6.08 Å². The molecule has 7 nitrogen and oxygen atoms in total. The Hall–Kier alpha value is -2.98. The minimum Gasteiger partial charge on any atom is -0.334 e. The summed E-state index contributed by atoms with van der Waals surface area (Å²) in [5.41, 5.74) is 3.00. The first-order valence-electron chi connectivity index (χ1n) is 6.53. The van der Waals surface area contributed by atoms with Crippen molar-refractivity contribution in [2.45, 2.75) is 13.8 Å². The third-order valence-corrected chi connectivity index (χ3v) is 3.27. The SMILES string of the molecule is Cc1cc(/C=C/C#N)cc(C)c1Nc1nc(Cl)ncc1[N+](=O)[O-]. The maximum Gasteiger partial charge on any atom is 0.329 e. The number of rotatable bonds is 4. The molecular formula is C15H12ClN5O2. The third kappa shape index (κ3) is 3.81. The van der Waals surface area contributed by atoms with Gasteiger partial charge < -0.3 is 5.32 Å². The van der Waals surface area contributed by atoms with Gasteiger partial charge in [0.2, 0.25) is 11.1 Å². The summed E-state index contributed by atoms with van der Waals surface area (Å²) in [5.74, 6) is 0.0292. The number of benzene rings is 1. The Bertz CT molecular complexity index is 819. The van der Waals surface area contributed by atoms with Crippen molar-refractivity contribution in [3.8, 4) is 6.07 Å². The molecule has 116 valence electrons. The van der Waals surface area contributed by atoms with E-state index in [1.165, 1.54) is 6.08 Å². The van der Waals surface area contributed by atoms with Crippen molar-refractivity contribution in [3.05, 3.63) is 56.5 Å². The summed E-state index contributed by atoms with van der Waals surface area (Å²) >= 11 is 5.73. The Morgan fingerprint density at radius 2 is 2.04 bits per heavy atom. The predicted octanol–water partition coefficient (Wildman–Crippen LogP) is 3.94. The Morgan fingerprint density at radius 1 is 1.39 bits per heavy atom. The van der Waals surface area contributed by atoms with E-state index in [-0.39, 0.29) is 16.8 Å². The molecule has 0 aliphatic rings. The smallest absolute Gasteiger partial charge is 0.329 e. The van der Waals surface area contributed by atoms with E-state index in [9.17, 15) is 10.1 Å². The lowest BCUT2D eigenvalue weighted by Gasteiger charge is -2.13. The predicted molar refractivity (Wildman–Crippen MR) is 87.5 cm³/mol. The Labute approximate surface area is 137 Å². The fourth-order valence-electron chi connectivity index (χ4n) is 2.12. The van der Waals surface area contributed by atoms with Crippen molar-refractivity contribution < 1.29 is 4.92 Å². The van der Waals surface area contributed by atoms with E-state index in [0.29, 0.717) is 5.69 Å². The molecule has 0 aliphatic carbocycles. The molecule has 2 rings (SSSR count). The van der Waals surface area contributed by atoms with Gasteiger partial charge in [0, 0.05) is 11.8 Å². The number of nitrogens with one attached hydrogen (secondary N) is 1. The van der Waals surface area contributed by atoms with Gasteiger partial charge in [0.15, 0.2) is 0 Å². The summed E-state index contributed by atoms with van der Waals surface area (Å²) in [6, 6.07) is 5.65. The standard InChI is InChI=1S/C15H12ClN5O2/c1-9-6-11(4-3-5-17)7-10(2)13(9)19-14-12(21(22)23)8-18-15(16)20-14/h3-4,6-8H,1-2H3,(H,18,19,20)/b4-3+. The van der Waals surface area contributed by atoms with Gasteiger partial charge in [-0.2, -0.15) is 10.2 Å². The van der Waals surface area contributed by atoms with Gasteiger partial charge in [-0.15, -0.1) is 0 Å². The number of nitriles is 1. The van der Waals surface area contributed by atoms with Gasteiger partial charge in [-0.1, -0.05) is 0 Å². The molecule has 2 aromatic rings. The third-order valence-electron chi connectivity index (χ3n) is 3.09. The molecule has 0 spiro atoms. The number of aryl methyl sites for hydroxylation is 2. The van der Waals surface area contributed by atoms with Crippen LogP contribution in [-0.2, 0) is 0 Å². The highest BCUT2D eigenvalue weighted by Gasteiger charge is 2.18. The van der Waals surface area contributed by atoms with Crippen molar-refractivity contribution in [3.63, 3.8) is 0 Å². The lowest BCUT2D eigenvalue weighted by molar-refractivity contribution is -0.384. The number of allylic oxidation sites excluding steroid dienone is 1. The number of hydrogen-bond acceptors (Lipinski definition) is 6. The fourth-order valence-corrected chi connectivity index (χ4v) is 2.26. The van der Waals surface area contributed by atoms with Gasteiger partial charge in [-0.25, -0.2) is 4.98 Å². The number of anilines is 2. The van der Waals surface area contributed by atoms with Crippen molar-refractivity contribution >= 4 is 34.9 Å². The van der Waals surface area contributed by atoms with Crippen LogP contribution in [0.4, 0.5) is 17.2 Å². The Balaban J connectivity index is 2.46. The number of halogens is 1. The maximum absolute atomic E-state index is 11.1. The van der Waals surface area contributed by atoms with Gasteiger partial charge >= 0.3 is 5.69 Å². The van der Waals surface area contributed by atoms with E-state index in [1.807, 2.05) is 32.0 Å². The second-order valence-corrected chi connectivity index (χ2v) is 5.09. The van der Waals surface area contributed by atoms with Crippen LogP contribution in [0.15, 0.2) is 24.4 Å². The molecule has 1 N–H and O–H groups in total. The van der Waals surface area contributed by atoms with E-state index in [2.05, 4.69) is 15.3 Å². The lowest BCUT2D eigenvalue weighted by atomic mass is 10.0. The van der Waals surface area contributed by atoms with Crippen molar-refractivity contribution in [2.24, 2.45) is 0 Å². The molecule has 1 heterocycles. The number of nitrogens with zero attached hydrogens (tertiary/aromatic N) is 4. The van der Waals surface area contributed by atoms with E-state index in [1.54, 1.807) is 6.08 Å². The van der Waals surface area contributed by atoms with Crippen LogP contribution in [0.2, 0.25) is 5.28 Å². The number of nitro groups is 1. The lowest BCUT2D eigenvalue weighted by Crippen LogP contribution is -2.03. The number of hydrogen-bond donors (Lipinski definition) is 1. The molecule has 0 bridgehead atoms. The molecule has 23 heavy (non-hydrogen) atoms. The van der Waals surface area contributed by atoms with Crippen LogP contribution in [0.3, 0.4) is 0 Å². The van der Waals surface area contributed by atoms with Crippen LogP contribution >= 0.6 is 11.6 Å². The second-order valence-electron chi connectivity index (χ2n) is 4.75. The molecule has 0 unspecified atom stereocenters. The minimum absolute atomic E-state index is 0.0292. The van der Waals surface area contributed by atoms with E-state index in [0.717, 1.165) is 22.9 Å². The highest BCUT2D eigenvalue weighted by Crippen LogP contribution is 2.30. The summed E-state index contributed by atoms with van der Waals surface area (Å²) in [5, 5.41) is 22.5. The van der Waals surface area contributed by atoms with Crippen LogP contribution in [0.1, 0.15) is 16.7 Å². The van der Waals surface area contributed by atoms with Crippen LogP contribution in [0.5, 0.6) is 0 Å². The molecule has 0 saturated heterocycles. The summed E-state index contributed by atoms with van der Waals surface area (Å²) in [6.45, 7) is 3.71. The first-order valence-corrected chi connectivity index (χ1v) is 6.91. The molecule has 1 aromatic heterocycles. The second kappa shape index (κ2) is 6.85. The highest BCUT2D eigenvalue weighted by atomic mass is 35.5. The molecule has 8 heteroatoms. The first-order chi connectivity index (χ1) is 10.9. The van der Waals surface area contributed by atoms with Gasteiger partial charge in [-0.05, 0) is 60.3 Å². The number of aromatic nitrogens is 2. The quantitative estimate of drug-likeness (QED) is 0.394. The normalized spacial score (nSPS) is 10.5. The van der Waals surface area contributed by atoms with Gasteiger partial charge in [0.1, 0.15) is 6.20 Å². The van der Waals surface area contributed by atoms with Gasteiger partial charge in [-0.3, -0.25) is 10.1 Å². The average Bonchev–Trinajstić information content (AvgIpc) is 2.48. The van der Waals surface area contributed by atoms with E-state index < -0.39 is 4.92 Å². The van der Waals surface area contributed by atoms with Crippen LogP contribution in [-0.4, -0.2) is 14.9 Å². The molecule has 0 fully saturated rings.